The molecule has 4 unspecified atom stereocenters. The maximum atomic E-state index is 13.9. The predicted molar refractivity (Wildman–Crippen MR) is 281 cm³/mol. The molecule has 4 saturated carbocycles. The summed E-state index contributed by atoms with van der Waals surface area (Å²) in [5, 5.41) is 32.1. The Balaban J connectivity index is 0.000000190. The molecule has 4 atom stereocenters. The van der Waals surface area contributed by atoms with E-state index in [0.717, 1.165) is 75.1 Å². The van der Waals surface area contributed by atoms with Gasteiger partial charge in [-0.25, -0.2) is 13.9 Å². The summed E-state index contributed by atoms with van der Waals surface area (Å²) < 4.78 is 83.5. The summed E-state index contributed by atoms with van der Waals surface area (Å²) in [6, 6.07) is 13.7. The van der Waals surface area contributed by atoms with Crippen molar-refractivity contribution >= 4 is 17.7 Å². The number of methoxy groups -OCH3 is 2. The summed E-state index contributed by atoms with van der Waals surface area (Å²) in [5.74, 6) is -2.08. The largest absolute Gasteiger partial charge is 0.496 e. The van der Waals surface area contributed by atoms with Gasteiger partial charge in [0, 0.05) is 74.5 Å². The van der Waals surface area contributed by atoms with Crippen molar-refractivity contribution in [2.75, 3.05) is 33.9 Å². The van der Waals surface area contributed by atoms with Crippen molar-refractivity contribution in [1.29, 1.82) is 0 Å². The number of tetrazole rings is 1. The Hall–Kier alpha value is -6.45. The summed E-state index contributed by atoms with van der Waals surface area (Å²) in [6.07, 6.45) is 12.2. The number of ether oxygens (including phenoxy) is 2. The maximum Gasteiger partial charge on any atom is 0.417 e. The van der Waals surface area contributed by atoms with Crippen LogP contribution in [0.1, 0.15) is 154 Å². The number of alkyl halides is 5. The SMILES string of the molecule is CCCn1nc(C(=O)NC(CCC2CCCCC2)CC(=O)NC2CCC2)cc1-c1c(OC)cccc1OC.O=C(NC(CCN1CC2C(C1)C2(F)F)Cc1nnn[nH]1)c1cc(-c2ccccc2C(F)(F)F)n(C2CCCC2)n1. The normalized spacial score (nSPS) is 20.2. The van der Waals surface area contributed by atoms with Crippen LogP contribution < -0.4 is 25.4 Å². The number of nitrogens with one attached hydrogen (secondary N) is 4. The minimum absolute atomic E-state index is 0.0154. The number of piperidine rings is 1. The zero-order chi connectivity index (χ0) is 55.0. The fraction of sp³-hybridized carbons (Fsp3) is 0.607. The Kier molecular flexibility index (Phi) is 18.1. The maximum absolute atomic E-state index is 13.9. The fourth-order valence-electron chi connectivity index (χ4n) is 11.9. The van der Waals surface area contributed by atoms with Gasteiger partial charge < -0.3 is 30.3 Å². The number of aromatic nitrogens is 8. The van der Waals surface area contributed by atoms with Crippen LogP contribution in [0.2, 0.25) is 0 Å². The van der Waals surface area contributed by atoms with Crippen LogP contribution in [0.3, 0.4) is 0 Å². The number of nitrogens with zero attached hydrogens (tertiary/aromatic N) is 8. The van der Waals surface area contributed by atoms with Gasteiger partial charge in [-0.3, -0.25) is 23.7 Å². The molecule has 3 aromatic heterocycles. The number of carbonyl (C=O) groups excluding carboxylic acids is 3. The molecule has 422 valence electrons. The van der Waals surface area contributed by atoms with E-state index in [1.54, 1.807) is 25.0 Å². The molecule has 3 amide bonds. The fourth-order valence-corrected chi connectivity index (χ4v) is 11.9. The van der Waals surface area contributed by atoms with Crippen molar-refractivity contribution in [3.8, 4) is 34.0 Å². The van der Waals surface area contributed by atoms with E-state index in [0.29, 0.717) is 74.0 Å². The van der Waals surface area contributed by atoms with Gasteiger partial charge in [-0.2, -0.15) is 23.4 Å². The number of likely N-dealkylation sites (tertiary alicyclic amines) is 1. The van der Waals surface area contributed by atoms with Gasteiger partial charge in [0.1, 0.15) is 17.3 Å². The van der Waals surface area contributed by atoms with Crippen LogP contribution in [0.15, 0.2) is 54.6 Å². The lowest BCUT2D eigenvalue weighted by Crippen LogP contribution is -2.44. The van der Waals surface area contributed by atoms with Crippen LogP contribution in [0.25, 0.3) is 22.5 Å². The number of benzene rings is 2. The van der Waals surface area contributed by atoms with Crippen LogP contribution in [-0.2, 0) is 23.9 Å². The smallest absolute Gasteiger partial charge is 0.417 e. The second-order valence-corrected chi connectivity index (χ2v) is 21.8. The van der Waals surface area contributed by atoms with Gasteiger partial charge in [0.15, 0.2) is 11.4 Å². The first-order valence-corrected chi connectivity index (χ1v) is 27.9. The van der Waals surface area contributed by atoms with Gasteiger partial charge in [0.05, 0.1) is 42.8 Å². The second kappa shape index (κ2) is 25.1. The molecule has 4 N–H and O–H groups in total. The van der Waals surface area contributed by atoms with E-state index in [-0.39, 0.29) is 47.3 Å². The molecule has 1 aliphatic heterocycles. The third kappa shape index (κ3) is 13.5. The highest BCUT2D eigenvalue weighted by Crippen LogP contribution is 2.59. The molecular weight excluding hydrogens is 1020 g/mol. The quantitative estimate of drug-likeness (QED) is 0.0482. The molecule has 10 rings (SSSR count). The van der Waals surface area contributed by atoms with Crippen LogP contribution in [0.5, 0.6) is 11.5 Å². The van der Waals surface area contributed by atoms with Gasteiger partial charge in [-0.15, -0.1) is 5.10 Å². The second-order valence-electron chi connectivity index (χ2n) is 21.8. The monoisotopic (exact) mass is 1090 g/mol. The number of halogens is 5. The Bertz CT molecular complexity index is 2770. The van der Waals surface area contributed by atoms with Gasteiger partial charge >= 0.3 is 6.18 Å². The number of carbonyl (C=O) groups is 3. The average molecular weight is 1090 g/mol. The van der Waals surface area contributed by atoms with E-state index in [9.17, 15) is 36.3 Å². The van der Waals surface area contributed by atoms with Crippen LogP contribution in [-0.4, -0.2) is 121 Å². The highest BCUT2D eigenvalue weighted by atomic mass is 19.4. The first-order valence-electron chi connectivity index (χ1n) is 27.9. The first kappa shape index (κ1) is 56.3. The number of H-pyrrole nitrogens is 1. The Morgan fingerprint density at radius 3 is 2.06 bits per heavy atom. The molecule has 78 heavy (non-hydrogen) atoms. The van der Waals surface area contributed by atoms with Crippen LogP contribution in [0.4, 0.5) is 22.0 Å². The predicted octanol–water partition coefficient (Wildman–Crippen LogP) is 9.62. The van der Waals surface area contributed by atoms with Gasteiger partial charge in [-0.05, 0) is 104 Å². The third-order valence-corrected chi connectivity index (χ3v) is 16.4. The molecular formula is C56H73F5N12O5. The topological polar surface area (TPSA) is 199 Å². The van der Waals surface area contributed by atoms with Crippen molar-refractivity contribution in [2.24, 2.45) is 17.8 Å². The Morgan fingerprint density at radius 2 is 1.44 bits per heavy atom. The average Bonchev–Trinajstić information content (AvgIpc) is 4.44. The lowest BCUT2D eigenvalue weighted by Gasteiger charge is -2.28. The highest BCUT2D eigenvalue weighted by Gasteiger charge is 2.71. The van der Waals surface area contributed by atoms with Crippen LogP contribution in [0, 0.1) is 17.8 Å². The molecule has 22 heteroatoms. The minimum Gasteiger partial charge on any atom is -0.496 e. The van der Waals surface area contributed by atoms with Crippen molar-refractivity contribution in [1.82, 2.24) is 61.0 Å². The third-order valence-electron chi connectivity index (χ3n) is 16.4. The Morgan fingerprint density at radius 1 is 0.782 bits per heavy atom. The molecule has 2 aromatic carbocycles. The molecule has 1 saturated heterocycles. The minimum atomic E-state index is -4.57. The van der Waals surface area contributed by atoms with E-state index >= 15 is 0 Å². The Labute approximate surface area is 451 Å². The summed E-state index contributed by atoms with van der Waals surface area (Å²) >= 11 is 0. The number of hydrogen-bond donors (Lipinski definition) is 4. The molecule has 5 aliphatic rings. The molecule has 0 spiro atoms. The summed E-state index contributed by atoms with van der Waals surface area (Å²) in [6.45, 7) is 3.85. The van der Waals surface area contributed by atoms with E-state index < -0.39 is 41.4 Å². The number of fused-ring (bicyclic) bond motifs is 1. The highest BCUT2D eigenvalue weighted by molar-refractivity contribution is 5.95. The van der Waals surface area contributed by atoms with E-state index in [4.69, 9.17) is 9.47 Å². The molecule has 5 aromatic rings. The number of aryl methyl sites for hydroxylation is 1. The van der Waals surface area contributed by atoms with Crippen molar-refractivity contribution in [3.05, 3.63) is 77.4 Å². The van der Waals surface area contributed by atoms with Gasteiger partial charge in [0.25, 0.3) is 17.7 Å². The summed E-state index contributed by atoms with van der Waals surface area (Å²) in [7, 11) is 3.25. The number of hydrogen-bond acceptors (Lipinski definition) is 11. The van der Waals surface area contributed by atoms with E-state index in [1.165, 1.54) is 62.8 Å². The van der Waals surface area contributed by atoms with Gasteiger partial charge in [0.2, 0.25) is 5.91 Å². The molecule has 0 bridgehead atoms. The van der Waals surface area contributed by atoms with Crippen LogP contribution >= 0.6 is 0 Å². The zero-order valence-electron chi connectivity index (χ0n) is 44.8. The zero-order valence-corrected chi connectivity index (χ0v) is 44.8. The standard InChI is InChI=1S/C30H44N4O4.C26H29F5N8O/c1-4-18-34-25(29-26(37-2)14-9-15-27(29)38-3)20-24(33-34)30(36)32-23(17-16-21-10-6-5-7-11-21)19-28(35)31-22-12-8-13-22;27-25(28)19-13-38(14-20(19)25)10-9-15(11-23-33-36-37-34-23)32-24(40)21-12-22(39(35-21)16-5-1-2-6-16)17-7-3-4-8-18(17)26(29,30)31/h9,14-15,20-23H,4-8,10-13,16-19H2,1-3H3,(H,31,35)(H,32,36);3-4,7-8,12,15-16,19-20H,1-2,5-6,9-11,13-14H2,(H,32,40)(H,33,34,36,37). The van der Waals surface area contributed by atoms with Crippen molar-refractivity contribution in [2.45, 2.75) is 165 Å². The van der Waals surface area contributed by atoms with Gasteiger partial charge in [-0.1, -0.05) is 76.1 Å². The number of amides is 3. The number of rotatable bonds is 22. The van der Waals surface area contributed by atoms with Crippen molar-refractivity contribution < 1.29 is 45.8 Å². The number of aromatic amines is 1. The van der Waals surface area contributed by atoms with E-state index in [2.05, 4.69) is 53.7 Å². The van der Waals surface area contributed by atoms with E-state index in [1.807, 2.05) is 27.8 Å². The molecule has 5 fully saturated rings. The lowest BCUT2D eigenvalue weighted by atomic mass is 9.85. The summed E-state index contributed by atoms with van der Waals surface area (Å²) in [5.41, 5.74) is 1.33. The lowest BCUT2D eigenvalue weighted by molar-refractivity contribution is -0.137. The summed E-state index contributed by atoms with van der Waals surface area (Å²) in [4.78, 5) is 41.7. The van der Waals surface area contributed by atoms with Crippen molar-refractivity contribution in [3.63, 3.8) is 0 Å². The molecule has 4 heterocycles. The molecule has 17 nitrogen and oxygen atoms in total. The first-order chi connectivity index (χ1) is 37.6. The molecule has 4 aliphatic carbocycles. The molecule has 0 radical (unpaired) electrons.